The lowest BCUT2D eigenvalue weighted by molar-refractivity contribution is 0.555. The van der Waals surface area contributed by atoms with Crippen LogP contribution in [0.4, 0.5) is 0 Å². The second-order valence-electron chi connectivity index (χ2n) is 3.52. The molecule has 0 aromatic carbocycles. The van der Waals surface area contributed by atoms with E-state index in [0.717, 1.165) is 17.6 Å². The zero-order valence-corrected chi connectivity index (χ0v) is 9.93. The summed E-state index contributed by atoms with van der Waals surface area (Å²) in [7, 11) is 0. The standard InChI is InChI=1S/C9H16BrNS/c1-8(10)6-11-7-9(2)4-3-5-12-9/h11H,1,3-7H2,2H3. The van der Waals surface area contributed by atoms with Crippen LogP contribution in [-0.4, -0.2) is 23.6 Å². The minimum atomic E-state index is 0.475. The topological polar surface area (TPSA) is 12.0 Å². The molecule has 1 aliphatic rings. The maximum absolute atomic E-state index is 3.79. The summed E-state index contributed by atoms with van der Waals surface area (Å²) in [6, 6.07) is 0. The number of rotatable bonds is 4. The molecule has 0 aromatic heterocycles. The van der Waals surface area contributed by atoms with Crippen molar-refractivity contribution in [3.8, 4) is 0 Å². The summed E-state index contributed by atoms with van der Waals surface area (Å²) in [6.45, 7) is 8.12. The van der Waals surface area contributed by atoms with Gasteiger partial charge in [-0.1, -0.05) is 22.5 Å². The average molecular weight is 250 g/mol. The van der Waals surface area contributed by atoms with Gasteiger partial charge in [0.05, 0.1) is 0 Å². The van der Waals surface area contributed by atoms with Gasteiger partial charge in [-0.3, -0.25) is 0 Å². The molecule has 3 heteroatoms. The fourth-order valence-corrected chi connectivity index (χ4v) is 2.91. The zero-order chi connectivity index (χ0) is 9.03. The largest absolute Gasteiger partial charge is 0.311 e. The highest BCUT2D eigenvalue weighted by Crippen LogP contribution is 2.36. The van der Waals surface area contributed by atoms with Crippen LogP contribution in [0.3, 0.4) is 0 Å². The quantitative estimate of drug-likeness (QED) is 0.823. The van der Waals surface area contributed by atoms with Crippen molar-refractivity contribution in [2.45, 2.75) is 24.5 Å². The Morgan fingerprint density at radius 3 is 3.00 bits per heavy atom. The number of hydrogen-bond acceptors (Lipinski definition) is 2. The fraction of sp³-hybridized carbons (Fsp3) is 0.778. The Kier molecular flexibility index (Phi) is 4.14. The van der Waals surface area contributed by atoms with E-state index in [9.17, 15) is 0 Å². The van der Waals surface area contributed by atoms with Crippen LogP contribution in [0.5, 0.6) is 0 Å². The molecule has 1 atom stereocenters. The van der Waals surface area contributed by atoms with Crippen LogP contribution in [-0.2, 0) is 0 Å². The second-order valence-corrected chi connectivity index (χ2v) is 6.33. The monoisotopic (exact) mass is 249 g/mol. The Balaban J connectivity index is 2.17. The summed E-state index contributed by atoms with van der Waals surface area (Å²) >= 11 is 5.43. The second kappa shape index (κ2) is 4.68. The van der Waals surface area contributed by atoms with E-state index in [1.165, 1.54) is 18.6 Å². The van der Waals surface area contributed by atoms with Gasteiger partial charge in [0, 0.05) is 22.3 Å². The predicted molar refractivity (Wildman–Crippen MR) is 61.0 cm³/mol. The van der Waals surface area contributed by atoms with Gasteiger partial charge < -0.3 is 5.32 Å². The summed E-state index contributed by atoms with van der Waals surface area (Å²) in [4.78, 5) is 0. The van der Waals surface area contributed by atoms with E-state index in [0.29, 0.717) is 4.75 Å². The zero-order valence-electron chi connectivity index (χ0n) is 7.53. The third kappa shape index (κ3) is 3.50. The summed E-state index contributed by atoms with van der Waals surface area (Å²) in [6.07, 6.45) is 2.72. The molecule has 0 bridgehead atoms. The van der Waals surface area contributed by atoms with Crippen molar-refractivity contribution < 1.29 is 0 Å². The van der Waals surface area contributed by atoms with Gasteiger partial charge in [-0.2, -0.15) is 11.8 Å². The summed E-state index contributed by atoms with van der Waals surface area (Å²) in [5.74, 6) is 1.33. The minimum Gasteiger partial charge on any atom is -0.311 e. The van der Waals surface area contributed by atoms with E-state index >= 15 is 0 Å². The van der Waals surface area contributed by atoms with Gasteiger partial charge >= 0.3 is 0 Å². The van der Waals surface area contributed by atoms with Gasteiger partial charge in [-0.15, -0.1) is 0 Å². The molecule has 12 heavy (non-hydrogen) atoms. The Morgan fingerprint density at radius 2 is 2.50 bits per heavy atom. The molecule has 1 fully saturated rings. The smallest absolute Gasteiger partial charge is 0.0266 e. The minimum absolute atomic E-state index is 0.475. The predicted octanol–water partition coefficient (Wildman–Crippen LogP) is 2.77. The van der Waals surface area contributed by atoms with Crippen molar-refractivity contribution in [1.29, 1.82) is 0 Å². The van der Waals surface area contributed by atoms with Gasteiger partial charge in [-0.25, -0.2) is 0 Å². The normalized spacial score (nSPS) is 29.2. The summed E-state index contributed by atoms with van der Waals surface area (Å²) < 4.78 is 1.51. The van der Waals surface area contributed by atoms with Crippen molar-refractivity contribution in [3.63, 3.8) is 0 Å². The molecule has 1 nitrogen and oxygen atoms in total. The molecule has 1 N–H and O–H groups in total. The van der Waals surface area contributed by atoms with Gasteiger partial charge in [-0.05, 0) is 25.5 Å². The Labute approximate surface area is 87.5 Å². The number of thioether (sulfide) groups is 1. The van der Waals surface area contributed by atoms with E-state index < -0.39 is 0 Å². The Bertz CT molecular complexity index is 164. The molecule has 0 amide bonds. The molecular weight excluding hydrogens is 234 g/mol. The van der Waals surface area contributed by atoms with E-state index in [1.54, 1.807) is 0 Å². The molecular formula is C9H16BrNS. The van der Waals surface area contributed by atoms with Gasteiger partial charge in [0.15, 0.2) is 0 Å². The van der Waals surface area contributed by atoms with E-state index in [2.05, 4.69) is 46.5 Å². The van der Waals surface area contributed by atoms with Crippen molar-refractivity contribution in [1.82, 2.24) is 5.32 Å². The van der Waals surface area contributed by atoms with Gasteiger partial charge in [0.25, 0.3) is 0 Å². The first-order chi connectivity index (χ1) is 5.62. The van der Waals surface area contributed by atoms with Crippen molar-refractivity contribution in [2.24, 2.45) is 0 Å². The summed E-state index contributed by atoms with van der Waals surface area (Å²) in [5.41, 5.74) is 0. The molecule has 1 aliphatic heterocycles. The first kappa shape index (κ1) is 10.6. The van der Waals surface area contributed by atoms with E-state index in [-0.39, 0.29) is 0 Å². The molecule has 0 saturated carbocycles. The van der Waals surface area contributed by atoms with Crippen molar-refractivity contribution in [2.75, 3.05) is 18.8 Å². The molecule has 0 aromatic rings. The SMILES string of the molecule is C=C(Br)CNCC1(C)CCCS1. The van der Waals surface area contributed by atoms with Crippen LogP contribution in [0.1, 0.15) is 19.8 Å². The molecule has 0 spiro atoms. The Morgan fingerprint density at radius 1 is 1.75 bits per heavy atom. The molecule has 1 rings (SSSR count). The van der Waals surface area contributed by atoms with Crippen LogP contribution in [0, 0.1) is 0 Å². The number of halogens is 1. The highest BCUT2D eigenvalue weighted by molar-refractivity contribution is 9.11. The highest BCUT2D eigenvalue weighted by Gasteiger charge is 2.28. The van der Waals surface area contributed by atoms with E-state index in [4.69, 9.17) is 0 Å². The molecule has 0 aliphatic carbocycles. The number of nitrogens with one attached hydrogen (secondary N) is 1. The highest BCUT2D eigenvalue weighted by atomic mass is 79.9. The molecule has 1 heterocycles. The van der Waals surface area contributed by atoms with Gasteiger partial charge in [0.1, 0.15) is 0 Å². The maximum atomic E-state index is 3.79. The lowest BCUT2D eigenvalue weighted by Gasteiger charge is -2.22. The molecule has 1 saturated heterocycles. The third-order valence-corrected chi connectivity index (χ3v) is 3.93. The van der Waals surface area contributed by atoms with Crippen LogP contribution >= 0.6 is 27.7 Å². The Hall–Kier alpha value is 0.530. The first-order valence-electron chi connectivity index (χ1n) is 4.30. The van der Waals surface area contributed by atoms with Crippen LogP contribution in [0.15, 0.2) is 11.1 Å². The lowest BCUT2D eigenvalue weighted by Crippen LogP contribution is -2.33. The van der Waals surface area contributed by atoms with Crippen LogP contribution in [0.25, 0.3) is 0 Å². The van der Waals surface area contributed by atoms with Crippen molar-refractivity contribution >= 4 is 27.7 Å². The van der Waals surface area contributed by atoms with Crippen molar-refractivity contribution in [3.05, 3.63) is 11.1 Å². The van der Waals surface area contributed by atoms with Gasteiger partial charge in [0.2, 0.25) is 0 Å². The maximum Gasteiger partial charge on any atom is 0.0266 e. The summed E-state index contributed by atoms with van der Waals surface area (Å²) in [5, 5.41) is 3.40. The molecule has 1 unspecified atom stereocenters. The van der Waals surface area contributed by atoms with Crippen LogP contribution in [0.2, 0.25) is 0 Å². The number of hydrogen-bond donors (Lipinski definition) is 1. The molecule has 0 radical (unpaired) electrons. The van der Waals surface area contributed by atoms with Crippen LogP contribution < -0.4 is 5.32 Å². The molecule has 70 valence electrons. The average Bonchev–Trinajstić information content (AvgIpc) is 2.35. The lowest BCUT2D eigenvalue weighted by atomic mass is 10.1. The fourth-order valence-electron chi connectivity index (χ4n) is 1.44. The van der Waals surface area contributed by atoms with E-state index in [1.807, 2.05) is 0 Å². The first-order valence-corrected chi connectivity index (χ1v) is 6.08. The third-order valence-electron chi connectivity index (χ3n) is 2.12.